The minimum Gasteiger partial charge on any atom is -0.507 e. The molecule has 2 rings (SSSR count). The average molecular weight is 219 g/mol. The van der Waals surface area contributed by atoms with Crippen molar-refractivity contribution in [1.29, 1.82) is 0 Å². The second kappa shape index (κ2) is 3.24. The van der Waals surface area contributed by atoms with Crippen LogP contribution < -0.4 is 5.73 Å². The Kier molecular flexibility index (Phi) is 2.32. The van der Waals surface area contributed by atoms with Gasteiger partial charge in [-0.3, -0.25) is 0 Å². The minimum atomic E-state index is -0.268. The third-order valence-electron chi connectivity index (χ3n) is 3.48. The van der Waals surface area contributed by atoms with E-state index in [4.69, 9.17) is 5.73 Å². The molecule has 1 fully saturated rings. The smallest absolute Gasteiger partial charge is 0.124 e. The first kappa shape index (κ1) is 11.5. The molecule has 0 amide bonds. The van der Waals surface area contributed by atoms with Gasteiger partial charge >= 0.3 is 0 Å². The van der Waals surface area contributed by atoms with E-state index in [-0.39, 0.29) is 11.0 Å². The van der Waals surface area contributed by atoms with Gasteiger partial charge in [0.1, 0.15) is 5.75 Å². The number of phenolic OH excluding ortho intramolecular Hbond substituents is 1. The van der Waals surface area contributed by atoms with E-state index in [9.17, 15) is 5.11 Å². The van der Waals surface area contributed by atoms with Gasteiger partial charge in [-0.1, -0.05) is 32.9 Å². The summed E-state index contributed by atoms with van der Waals surface area (Å²) < 4.78 is 0. The average Bonchev–Trinajstić information content (AvgIpc) is 2.81. The minimum absolute atomic E-state index is 0.0439. The van der Waals surface area contributed by atoms with Crippen molar-refractivity contribution in [3.63, 3.8) is 0 Å². The summed E-state index contributed by atoms with van der Waals surface area (Å²) in [5.41, 5.74) is 8.96. The highest BCUT2D eigenvalue weighted by Gasteiger charge is 2.44. The Hall–Kier alpha value is -1.02. The van der Waals surface area contributed by atoms with Gasteiger partial charge in [-0.25, -0.2) is 0 Å². The number of hydrogen-bond donors (Lipinski definition) is 2. The van der Waals surface area contributed by atoms with Crippen LogP contribution in [0.2, 0.25) is 0 Å². The molecule has 0 bridgehead atoms. The molecule has 88 valence electrons. The molecule has 0 aromatic heterocycles. The van der Waals surface area contributed by atoms with E-state index in [1.165, 1.54) is 0 Å². The molecule has 0 aliphatic heterocycles. The van der Waals surface area contributed by atoms with Crippen molar-refractivity contribution < 1.29 is 5.11 Å². The third kappa shape index (κ3) is 1.71. The number of benzene rings is 1. The van der Waals surface area contributed by atoms with E-state index in [2.05, 4.69) is 26.8 Å². The number of phenols is 1. The maximum Gasteiger partial charge on any atom is 0.124 e. The quantitative estimate of drug-likeness (QED) is 0.762. The van der Waals surface area contributed by atoms with Crippen LogP contribution in [0.1, 0.15) is 50.3 Å². The van der Waals surface area contributed by atoms with Gasteiger partial charge in [-0.05, 0) is 36.3 Å². The Morgan fingerprint density at radius 2 is 1.81 bits per heavy atom. The van der Waals surface area contributed by atoms with Crippen LogP contribution in [0.25, 0.3) is 0 Å². The standard InChI is InChI=1S/C14H21NO/c1-9-5-6-10(13(2,3)4)12(16)11(9)14(15)7-8-14/h5-6,16H,7-8,15H2,1-4H3. The summed E-state index contributed by atoms with van der Waals surface area (Å²) in [5.74, 6) is 0.410. The molecule has 2 heteroatoms. The Bertz CT molecular complexity index is 425. The van der Waals surface area contributed by atoms with Gasteiger partial charge in [0.15, 0.2) is 0 Å². The van der Waals surface area contributed by atoms with Crippen molar-refractivity contribution in [1.82, 2.24) is 0 Å². The monoisotopic (exact) mass is 219 g/mol. The van der Waals surface area contributed by atoms with Gasteiger partial charge in [0.25, 0.3) is 0 Å². The molecule has 1 aliphatic carbocycles. The van der Waals surface area contributed by atoms with E-state index < -0.39 is 0 Å². The number of aryl methyl sites for hydroxylation is 1. The summed E-state index contributed by atoms with van der Waals surface area (Å²) >= 11 is 0. The Morgan fingerprint density at radius 1 is 1.25 bits per heavy atom. The molecule has 0 spiro atoms. The zero-order valence-electron chi connectivity index (χ0n) is 10.6. The van der Waals surface area contributed by atoms with Crippen LogP contribution in [0.3, 0.4) is 0 Å². The van der Waals surface area contributed by atoms with Crippen molar-refractivity contribution >= 4 is 0 Å². The molecular formula is C14H21NO. The summed E-state index contributed by atoms with van der Waals surface area (Å²) in [6, 6.07) is 4.09. The molecular weight excluding hydrogens is 198 g/mol. The van der Waals surface area contributed by atoms with Crippen LogP contribution in [0, 0.1) is 6.92 Å². The lowest BCUT2D eigenvalue weighted by Gasteiger charge is -2.25. The summed E-state index contributed by atoms with van der Waals surface area (Å²) in [6.07, 6.45) is 1.96. The lowest BCUT2D eigenvalue weighted by Crippen LogP contribution is -2.22. The molecule has 1 aliphatic rings. The first-order valence-electron chi connectivity index (χ1n) is 5.88. The Labute approximate surface area is 97.5 Å². The number of nitrogens with two attached hydrogens (primary N) is 1. The summed E-state index contributed by atoms with van der Waals surface area (Å²) in [7, 11) is 0. The van der Waals surface area contributed by atoms with Gasteiger partial charge in [0.2, 0.25) is 0 Å². The first-order valence-corrected chi connectivity index (χ1v) is 5.88. The molecule has 2 nitrogen and oxygen atoms in total. The van der Waals surface area contributed by atoms with Crippen LogP contribution in [-0.4, -0.2) is 5.11 Å². The fourth-order valence-electron chi connectivity index (χ4n) is 2.31. The SMILES string of the molecule is Cc1ccc(C(C)(C)C)c(O)c1C1(N)CC1. The molecule has 1 aromatic carbocycles. The van der Waals surface area contributed by atoms with Gasteiger partial charge in [-0.2, -0.15) is 0 Å². The van der Waals surface area contributed by atoms with E-state index >= 15 is 0 Å². The normalized spacial score (nSPS) is 18.6. The maximum absolute atomic E-state index is 10.4. The van der Waals surface area contributed by atoms with Gasteiger partial charge in [-0.15, -0.1) is 0 Å². The van der Waals surface area contributed by atoms with Crippen molar-refractivity contribution in [2.75, 3.05) is 0 Å². The lowest BCUT2D eigenvalue weighted by atomic mass is 9.82. The topological polar surface area (TPSA) is 46.2 Å². The molecule has 16 heavy (non-hydrogen) atoms. The van der Waals surface area contributed by atoms with Gasteiger partial charge in [0, 0.05) is 11.1 Å². The van der Waals surface area contributed by atoms with Crippen molar-refractivity contribution in [3.05, 3.63) is 28.8 Å². The fraction of sp³-hybridized carbons (Fsp3) is 0.571. The molecule has 0 unspecified atom stereocenters. The summed E-state index contributed by atoms with van der Waals surface area (Å²) in [4.78, 5) is 0. The zero-order chi connectivity index (χ0) is 12.1. The summed E-state index contributed by atoms with van der Waals surface area (Å²) in [5, 5.41) is 10.4. The van der Waals surface area contributed by atoms with E-state index in [0.29, 0.717) is 5.75 Å². The first-order chi connectivity index (χ1) is 7.26. The summed E-state index contributed by atoms with van der Waals surface area (Å²) in [6.45, 7) is 8.35. The Morgan fingerprint density at radius 3 is 2.25 bits per heavy atom. The predicted octanol–water partition coefficient (Wildman–Crippen LogP) is 2.95. The van der Waals surface area contributed by atoms with Crippen LogP contribution in [0.15, 0.2) is 12.1 Å². The highest BCUT2D eigenvalue weighted by atomic mass is 16.3. The predicted molar refractivity (Wildman–Crippen MR) is 66.6 cm³/mol. The van der Waals surface area contributed by atoms with Gasteiger partial charge < -0.3 is 10.8 Å². The number of aromatic hydroxyl groups is 1. The van der Waals surface area contributed by atoms with E-state index in [1.807, 2.05) is 13.0 Å². The number of hydrogen-bond acceptors (Lipinski definition) is 2. The van der Waals surface area contributed by atoms with E-state index in [0.717, 1.165) is 29.5 Å². The molecule has 0 heterocycles. The van der Waals surface area contributed by atoms with Crippen molar-refractivity contribution in [2.45, 2.75) is 51.5 Å². The number of rotatable bonds is 1. The second-order valence-electron chi connectivity index (χ2n) is 6.06. The highest BCUT2D eigenvalue weighted by molar-refractivity contribution is 5.53. The molecule has 1 aromatic rings. The van der Waals surface area contributed by atoms with Crippen LogP contribution in [0.4, 0.5) is 0 Å². The lowest BCUT2D eigenvalue weighted by molar-refractivity contribution is 0.432. The fourth-order valence-corrected chi connectivity index (χ4v) is 2.31. The molecule has 0 atom stereocenters. The van der Waals surface area contributed by atoms with Gasteiger partial charge in [0.05, 0.1) is 0 Å². The molecule has 3 N–H and O–H groups in total. The maximum atomic E-state index is 10.4. The molecule has 0 radical (unpaired) electrons. The Balaban J connectivity index is 2.61. The molecule has 1 saturated carbocycles. The zero-order valence-corrected chi connectivity index (χ0v) is 10.6. The van der Waals surface area contributed by atoms with Crippen LogP contribution in [0.5, 0.6) is 5.75 Å². The highest BCUT2D eigenvalue weighted by Crippen LogP contribution is 2.49. The third-order valence-corrected chi connectivity index (χ3v) is 3.48. The van der Waals surface area contributed by atoms with Crippen LogP contribution >= 0.6 is 0 Å². The van der Waals surface area contributed by atoms with Crippen molar-refractivity contribution in [3.8, 4) is 5.75 Å². The van der Waals surface area contributed by atoms with Crippen molar-refractivity contribution in [2.24, 2.45) is 5.73 Å². The van der Waals surface area contributed by atoms with E-state index in [1.54, 1.807) is 0 Å². The molecule has 0 saturated heterocycles. The van der Waals surface area contributed by atoms with Crippen LogP contribution in [-0.2, 0) is 11.0 Å². The largest absolute Gasteiger partial charge is 0.507 e. The second-order valence-corrected chi connectivity index (χ2v) is 6.06.